The first-order valence-electron chi connectivity index (χ1n) is 2.68. The first-order valence-corrected chi connectivity index (χ1v) is 5.77. The van der Waals surface area contributed by atoms with E-state index in [0.29, 0.717) is 0 Å². The molecule has 0 saturated heterocycles. The number of sulfone groups is 1. The molecule has 0 spiro atoms. The quantitative estimate of drug-likeness (QED) is 0.399. The van der Waals surface area contributed by atoms with Crippen molar-refractivity contribution in [3.63, 3.8) is 0 Å². The maximum Gasteiger partial charge on any atom is 0.501 e. The molecule has 0 aliphatic carbocycles. The molecule has 0 amide bonds. The molecule has 0 fully saturated rings. The molecule has 4 nitrogen and oxygen atoms in total. The van der Waals surface area contributed by atoms with Gasteiger partial charge in [0.05, 0.1) is 0 Å². The van der Waals surface area contributed by atoms with Crippen LogP contribution in [0.3, 0.4) is 0 Å². The van der Waals surface area contributed by atoms with Crippen molar-refractivity contribution in [1.82, 2.24) is 0 Å². The molecule has 0 bridgehead atoms. The van der Waals surface area contributed by atoms with Crippen LogP contribution < -0.4 is 0 Å². The minimum absolute atomic E-state index is 0. The summed E-state index contributed by atoms with van der Waals surface area (Å²) in [5, 5.41) is 0. The first-order chi connectivity index (χ1) is 6.21. The van der Waals surface area contributed by atoms with Crippen LogP contribution >= 0.6 is 0 Å². The van der Waals surface area contributed by atoms with Crippen molar-refractivity contribution in [3.8, 4) is 0 Å². The van der Waals surface area contributed by atoms with Crippen molar-refractivity contribution in [2.24, 2.45) is 0 Å². The summed E-state index contributed by atoms with van der Waals surface area (Å²) >= 11 is 0. The topological polar surface area (TPSA) is 71.1 Å². The summed E-state index contributed by atoms with van der Waals surface area (Å²) in [6.07, 6.45) is 0. The van der Waals surface area contributed by atoms with Crippen molar-refractivity contribution in [2.45, 2.75) is 11.0 Å². The third-order valence-electron chi connectivity index (χ3n) is 0.899. The summed E-state index contributed by atoms with van der Waals surface area (Å²) in [7, 11) is -12.9. The Morgan fingerprint density at radius 1 is 0.812 bits per heavy atom. The minimum Gasteiger partial charge on any atom is -0.228 e. The molecule has 92 valence electrons. The predicted octanol–water partition coefficient (Wildman–Crippen LogP) is 0.450. The summed E-state index contributed by atoms with van der Waals surface area (Å²) in [5.41, 5.74) is -12.2. The van der Waals surface area contributed by atoms with E-state index < -0.39 is 35.4 Å². The molecule has 1 atom stereocenters. The molecule has 0 aromatic carbocycles. The van der Waals surface area contributed by atoms with E-state index in [1.807, 2.05) is 0 Å². The molecule has 0 aliphatic rings. The molecule has 2 radical (unpaired) electrons. The molecular weight excluding hydrogens is 285 g/mol. The van der Waals surface area contributed by atoms with Gasteiger partial charge >= 0.3 is 11.0 Å². The van der Waals surface area contributed by atoms with E-state index in [9.17, 15) is 43.5 Å². The van der Waals surface area contributed by atoms with Crippen LogP contribution in [-0.4, -0.2) is 47.2 Å². The summed E-state index contributed by atoms with van der Waals surface area (Å²) in [6, 6.07) is 0. The molecule has 0 rings (SSSR count). The molecular formula is C3HF6LiO4S2. The van der Waals surface area contributed by atoms with E-state index in [1.165, 1.54) is 0 Å². The second-order valence-electron chi connectivity index (χ2n) is 2.08. The van der Waals surface area contributed by atoms with Gasteiger partial charge in [-0.15, -0.1) is 4.55 Å². The van der Waals surface area contributed by atoms with Crippen LogP contribution in [0.25, 0.3) is 0 Å². The van der Waals surface area contributed by atoms with Crippen molar-refractivity contribution < 1.29 is 43.5 Å². The average molecular weight is 286 g/mol. The van der Waals surface area contributed by atoms with Gasteiger partial charge in [-0.25, -0.2) is 12.6 Å². The molecule has 0 N–H and O–H groups in total. The fourth-order valence-electron chi connectivity index (χ4n) is 0.276. The Labute approximate surface area is 97.9 Å². The van der Waals surface area contributed by atoms with Crippen molar-refractivity contribution in [1.29, 1.82) is 0 Å². The summed E-state index contributed by atoms with van der Waals surface area (Å²) in [5.74, 6) is 0. The number of rotatable bonds is 1. The Morgan fingerprint density at radius 2 is 1.12 bits per heavy atom. The molecule has 13 heteroatoms. The van der Waals surface area contributed by atoms with Gasteiger partial charge in [0.25, 0.3) is 9.84 Å². The zero-order chi connectivity index (χ0) is 12.7. The molecule has 1 unspecified atom stereocenters. The zero-order valence-corrected chi connectivity index (χ0v) is 8.93. The Morgan fingerprint density at radius 3 is 1.31 bits per heavy atom. The van der Waals surface area contributed by atoms with Gasteiger partial charge in [0.1, 0.15) is 4.70 Å². The SMILES string of the molecule is [Li].[O]S(=O)(=CS(=O)(=O)C(F)(F)F)C(F)(F)F. The van der Waals surface area contributed by atoms with Gasteiger partial charge in [-0.1, -0.05) is 0 Å². The van der Waals surface area contributed by atoms with E-state index in [2.05, 4.69) is 0 Å². The van der Waals surface area contributed by atoms with Crippen LogP contribution in [0.1, 0.15) is 0 Å². The Kier molecular flexibility index (Phi) is 5.51. The van der Waals surface area contributed by atoms with E-state index in [4.69, 9.17) is 0 Å². The molecule has 0 aromatic rings. The van der Waals surface area contributed by atoms with E-state index in [1.54, 1.807) is 0 Å². The van der Waals surface area contributed by atoms with Gasteiger partial charge in [-0.2, -0.15) is 26.3 Å². The summed E-state index contributed by atoms with van der Waals surface area (Å²) < 4.78 is 107. The van der Waals surface area contributed by atoms with Crippen LogP contribution in [0.4, 0.5) is 26.3 Å². The van der Waals surface area contributed by atoms with Crippen molar-refractivity contribution in [2.75, 3.05) is 0 Å². The standard InChI is InChI=1S/C3HF6O4S2.Li/c4-2(5,6)14(10,11)1-15(12,13)3(7,8)9;/h1H;. The number of hydrogen-bond acceptors (Lipinski definition) is 3. The zero-order valence-electron chi connectivity index (χ0n) is 7.29. The number of alkyl halides is 6. The third kappa shape index (κ3) is 4.17. The van der Waals surface area contributed by atoms with Crippen molar-refractivity contribution in [3.05, 3.63) is 0 Å². The van der Waals surface area contributed by atoms with Gasteiger partial charge in [-0.3, -0.25) is 0 Å². The second kappa shape index (κ2) is 4.77. The Bertz CT molecular complexity index is 451. The minimum atomic E-state index is -6.47. The fraction of sp³-hybridized carbons (Fsp3) is 0.667. The molecule has 0 aromatic heterocycles. The number of halogens is 6. The first kappa shape index (κ1) is 18.5. The molecule has 0 saturated carbocycles. The van der Waals surface area contributed by atoms with E-state index >= 15 is 0 Å². The maximum atomic E-state index is 11.5. The van der Waals surface area contributed by atoms with Crippen molar-refractivity contribution >= 4 is 43.2 Å². The average Bonchev–Trinajstić information content (AvgIpc) is 1.77. The molecule has 16 heavy (non-hydrogen) atoms. The van der Waals surface area contributed by atoms with E-state index in [0.717, 1.165) is 0 Å². The smallest absolute Gasteiger partial charge is 0.228 e. The third-order valence-corrected chi connectivity index (χ3v) is 4.22. The van der Waals surface area contributed by atoms with Crippen LogP contribution in [0.15, 0.2) is 0 Å². The molecule has 0 heterocycles. The largest absolute Gasteiger partial charge is 0.501 e. The van der Waals surface area contributed by atoms with Gasteiger partial charge in [0.15, 0.2) is 0 Å². The number of hydrogen-bond donors (Lipinski definition) is 0. The second-order valence-corrected chi connectivity index (χ2v) is 5.95. The predicted molar refractivity (Wildman–Crippen MR) is 41.7 cm³/mol. The van der Waals surface area contributed by atoms with Gasteiger partial charge in [-0.05, 0) is 0 Å². The molecule has 0 aliphatic heterocycles. The van der Waals surface area contributed by atoms with Gasteiger partial charge in [0.2, 0.25) is 9.80 Å². The van der Waals surface area contributed by atoms with Gasteiger partial charge < -0.3 is 0 Å². The summed E-state index contributed by atoms with van der Waals surface area (Å²) in [4.78, 5) is 0. The van der Waals surface area contributed by atoms with Crippen LogP contribution in [0.5, 0.6) is 0 Å². The fourth-order valence-corrected chi connectivity index (χ4v) is 2.48. The van der Waals surface area contributed by atoms with Gasteiger partial charge in [0, 0.05) is 18.9 Å². The monoisotopic (exact) mass is 286 g/mol. The Balaban J connectivity index is 0. The van der Waals surface area contributed by atoms with E-state index in [-0.39, 0.29) is 18.9 Å². The van der Waals surface area contributed by atoms with Crippen LogP contribution in [-0.2, 0) is 24.2 Å². The van der Waals surface area contributed by atoms with Crippen LogP contribution in [0.2, 0.25) is 0 Å². The normalized spacial score (nSPS) is 17.2. The van der Waals surface area contributed by atoms with Crippen LogP contribution in [0, 0.1) is 0 Å². The maximum absolute atomic E-state index is 11.5. The summed E-state index contributed by atoms with van der Waals surface area (Å²) in [6.45, 7) is 0. The Hall–Kier alpha value is 0.107.